The van der Waals surface area contributed by atoms with E-state index in [4.69, 9.17) is 0 Å². The molecule has 3 rings (SSSR count). The smallest absolute Gasteiger partial charge is 0.224 e. The molecule has 29 heavy (non-hydrogen) atoms. The van der Waals surface area contributed by atoms with Crippen molar-refractivity contribution in [3.63, 3.8) is 0 Å². The zero-order valence-corrected chi connectivity index (χ0v) is 17.0. The van der Waals surface area contributed by atoms with Gasteiger partial charge in [0, 0.05) is 25.4 Å². The number of anilines is 1. The first-order chi connectivity index (χ1) is 13.9. The number of aryl methyl sites for hydroxylation is 1. The van der Waals surface area contributed by atoms with Crippen LogP contribution in [0, 0.1) is 5.82 Å². The largest absolute Gasteiger partial charge is 0.326 e. The van der Waals surface area contributed by atoms with E-state index in [0.717, 1.165) is 45.5 Å². The molecule has 0 radical (unpaired) electrons. The van der Waals surface area contributed by atoms with Crippen LogP contribution < -0.4 is 5.32 Å². The van der Waals surface area contributed by atoms with Crippen LogP contribution in [0.4, 0.5) is 10.1 Å². The van der Waals surface area contributed by atoms with Crippen molar-refractivity contribution in [3.05, 3.63) is 82.3 Å². The summed E-state index contributed by atoms with van der Waals surface area (Å²) in [5.41, 5.74) is 6.88. The zero-order valence-electron chi connectivity index (χ0n) is 17.0. The highest BCUT2D eigenvalue weighted by molar-refractivity contribution is 5.95. The van der Waals surface area contributed by atoms with E-state index < -0.39 is 0 Å². The SMILES string of the molecule is CC(C)=C/C(=C\N(C)C=O)c1cc2c(cc1Cc1ccc(F)cc1)NC(=O)CC2. The lowest BCUT2D eigenvalue weighted by Gasteiger charge is -2.22. The molecule has 5 heteroatoms. The summed E-state index contributed by atoms with van der Waals surface area (Å²) in [7, 11) is 1.70. The van der Waals surface area contributed by atoms with Gasteiger partial charge in [-0.1, -0.05) is 23.8 Å². The van der Waals surface area contributed by atoms with Gasteiger partial charge in [-0.25, -0.2) is 4.39 Å². The molecule has 150 valence electrons. The molecule has 0 unspecified atom stereocenters. The van der Waals surface area contributed by atoms with Crippen LogP contribution in [0.2, 0.25) is 0 Å². The van der Waals surface area contributed by atoms with Crippen LogP contribution in [0.15, 0.2) is 54.2 Å². The molecule has 2 amide bonds. The Hall–Kier alpha value is -3.21. The Bertz CT molecular complexity index is 987. The molecule has 0 fully saturated rings. The van der Waals surface area contributed by atoms with Crippen molar-refractivity contribution < 1.29 is 14.0 Å². The second-order valence-corrected chi connectivity index (χ2v) is 7.59. The number of carbonyl (C=O) groups is 2. The molecule has 1 heterocycles. The Morgan fingerprint density at radius 2 is 1.90 bits per heavy atom. The number of allylic oxidation sites excluding steroid dienone is 3. The molecule has 0 aromatic heterocycles. The number of hydrogen-bond donors (Lipinski definition) is 1. The number of benzene rings is 2. The molecule has 1 aliphatic heterocycles. The van der Waals surface area contributed by atoms with Gasteiger partial charge in [0.1, 0.15) is 5.82 Å². The monoisotopic (exact) mass is 392 g/mol. The van der Waals surface area contributed by atoms with Gasteiger partial charge >= 0.3 is 0 Å². The standard InChI is InChI=1S/C24H25FN2O2/c1-16(2)10-20(14-27(3)15-28)22-12-18-6-9-24(29)26-23(18)13-19(22)11-17-4-7-21(25)8-5-17/h4-5,7-8,10,12-15H,6,9,11H2,1-3H3,(H,26,29)/b20-14+. The molecule has 1 N–H and O–H groups in total. The Balaban J connectivity index is 2.15. The fourth-order valence-electron chi connectivity index (χ4n) is 3.46. The predicted octanol–water partition coefficient (Wildman–Crippen LogP) is 4.70. The molecule has 2 aromatic rings. The van der Waals surface area contributed by atoms with E-state index in [0.29, 0.717) is 19.3 Å². The third kappa shape index (κ3) is 5.19. The fraction of sp³-hybridized carbons (Fsp3) is 0.250. The van der Waals surface area contributed by atoms with Gasteiger partial charge in [0.25, 0.3) is 0 Å². The number of halogens is 1. The summed E-state index contributed by atoms with van der Waals surface area (Å²) in [6.45, 7) is 4.01. The maximum atomic E-state index is 13.3. The van der Waals surface area contributed by atoms with Gasteiger partial charge < -0.3 is 10.2 Å². The fourth-order valence-corrected chi connectivity index (χ4v) is 3.46. The zero-order chi connectivity index (χ0) is 21.0. The minimum absolute atomic E-state index is 0.0127. The average molecular weight is 392 g/mol. The summed E-state index contributed by atoms with van der Waals surface area (Å²) in [6, 6.07) is 10.5. The van der Waals surface area contributed by atoms with E-state index in [-0.39, 0.29) is 11.7 Å². The highest BCUT2D eigenvalue weighted by Gasteiger charge is 2.19. The maximum Gasteiger partial charge on any atom is 0.224 e. The summed E-state index contributed by atoms with van der Waals surface area (Å²) in [6.07, 6.45) is 6.32. The van der Waals surface area contributed by atoms with Gasteiger partial charge in [-0.3, -0.25) is 9.59 Å². The van der Waals surface area contributed by atoms with Crippen LogP contribution >= 0.6 is 0 Å². The third-order valence-corrected chi connectivity index (χ3v) is 4.80. The number of rotatable bonds is 6. The molecule has 0 aliphatic carbocycles. The van der Waals surface area contributed by atoms with Crippen molar-refractivity contribution >= 4 is 23.6 Å². The molecule has 4 nitrogen and oxygen atoms in total. The number of amides is 2. The second-order valence-electron chi connectivity index (χ2n) is 7.59. The number of hydrogen-bond acceptors (Lipinski definition) is 2. The van der Waals surface area contributed by atoms with E-state index in [1.807, 2.05) is 26.0 Å². The van der Waals surface area contributed by atoms with Crippen molar-refractivity contribution in [2.75, 3.05) is 12.4 Å². The topological polar surface area (TPSA) is 49.4 Å². The Morgan fingerprint density at radius 3 is 2.55 bits per heavy atom. The molecule has 1 aliphatic rings. The van der Waals surface area contributed by atoms with Gasteiger partial charge in [-0.15, -0.1) is 0 Å². The van der Waals surface area contributed by atoms with E-state index in [2.05, 4.69) is 11.4 Å². The average Bonchev–Trinajstić information content (AvgIpc) is 2.68. The minimum Gasteiger partial charge on any atom is -0.326 e. The lowest BCUT2D eigenvalue weighted by Crippen LogP contribution is -2.19. The van der Waals surface area contributed by atoms with E-state index in [1.165, 1.54) is 17.0 Å². The predicted molar refractivity (Wildman–Crippen MR) is 114 cm³/mol. The Kier molecular flexibility index (Phi) is 6.27. The molecule has 0 spiro atoms. The quantitative estimate of drug-likeness (QED) is 0.572. The van der Waals surface area contributed by atoms with Crippen LogP contribution in [-0.4, -0.2) is 24.3 Å². The van der Waals surface area contributed by atoms with Crippen LogP contribution in [-0.2, 0) is 22.4 Å². The first-order valence-electron chi connectivity index (χ1n) is 9.60. The highest BCUT2D eigenvalue weighted by atomic mass is 19.1. The molecule has 0 bridgehead atoms. The summed E-state index contributed by atoms with van der Waals surface area (Å²) in [4.78, 5) is 24.6. The van der Waals surface area contributed by atoms with E-state index >= 15 is 0 Å². The highest BCUT2D eigenvalue weighted by Crippen LogP contribution is 2.32. The summed E-state index contributed by atoms with van der Waals surface area (Å²) >= 11 is 0. The number of carbonyl (C=O) groups excluding carboxylic acids is 2. The molecule has 0 atom stereocenters. The van der Waals surface area contributed by atoms with Gasteiger partial charge in [0.2, 0.25) is 12.3 Å². The summed E-state index contributed by atoms with van der Waals surface area (Å²) < 4.78 is 13.3. The van der Waals surface area contributed by atoms with Gasteiger partial charge in [-0.2, -0.15) is 0 Å². The number of nitrogens with one attached hydrogen (secondary N) is 1. The normalized spacial score (nSPS) is 13.4. The van der Waals surface area contributed by atoms with Crippen LogP contribution in [0.5, 0.6) is 0 Å². The minimum atomic E-state index is -0.274. The third-order valence-electron chi connectivity index (χ3n) is 4.80. The summed E-state index contributed by atoms with van der Waals surface area (Å²) in [5.74, 6) is -0.261. The Morgan fingerprint density at radius 1 is 1.17 bits per heavy atom. The summed E-state index contributed by atoms with van der Waals surface area (Å²) in [5, 5.41) is 2.95. The molecular weight excluding hydrogens is 367 g/mol. The first kappa shape index (κ1) is 20.5. The van der Waals surface area contributed by atoms with Crippen molar-refractivity contribution in [2.24, 2.45) is 0 Å². The van der Waals surface area contributed by atoms with Gasteiger partial charge in [0.05, 0.1) is 0 Å². The van der Waals surface area contributed by atoms with Crippen LogP contribution in [0.25, 0.3) is 5.57 Å². The lowest BCUT2D eigenvalue weighted by molar-refractivity contribution is -0.116. The van der Waals surface area contributed by atoms with Crippen LogP contribution in [0.1, 0.15) is 42.5 Å². The van der Waals surface area contributed by atoms with Crippen molar-refractivity contribution in [1.29, 1.82) is 0 Å². The maximum absolute atomic E-state index is 13.3. The number of nitrogens with zero attached hydrogens (tertiary/aromatic N) is 1. The second kappa shape index (κ2) is 8.86. The van der Waals surface area contributed by atoms with Crippen molar-refractivity contribution in [3.8, 4) is 0 Å². The van der Waals surface area contributed by atoms with E-state index in [1.54, 1.807) is 25.4 Å². The van der Waals surface area contributed by atoms with Crippen molar-refractivity contribution in [2.45, 2.75) is 33.1 Å². The number of fused-ring (bicyclic) bond motifs is 1. The van der Waals surface area contributed by atoms with Gasteiger partial charge in [0.15, 0.2) is 0 Å². The molecular formula is C24H25FN2O2. The molecule has 2 aromatic carbocycles. The van der Waals surface area contributed by atoms with Crippen LogP contribution in [0.3, 0.4) is 0 Å². The van der Waals surface area contributed by atoms with E-state index in [9.17, 15) is 14.0 Å². The van der Waals surface area contributed by atoms with Gasteiger partial charge in [-0.05, 0) is 78.8 Å². The molecule has 0 saturated heterocycles. The lowest BCUT2D eigenvalue weighted by atomic mass is 9.89. The Labute approximate surface area is 170 Å². The van der Waals surface area contributed by atoms with Crippen molar-refractivity contribution in [1.82, 2.24) is 4.90 Å². The first-order valence-corrected chi connectivity index (χ1v) is 9.60. The molecule has 0 saturated carbocycles.